The van der Waals surface area contributed by atoms with Crippen molar-refractivity contribution in [3.63, 3.8) is 0 Å². The zero-order valence-corrected chi connectivity index (χ0v) is 29.4. The van der Waals surface area contributed by atoms with Gasteiger partial charge < -0.3 is 13.4 Å². The van der Waals surface area contributed by atoms with Gasteiger partial charge in [0.1, 0.15) is 7.14 Å². The number of rotatable bonds is 8. The summed E-state index contributed by atoms with van der Waals surface area (Å²) in [5.74, 6) is 0. The molecular weight excluding hydrogens is 544 g/mol. The van der Waals surface area contributed by atoms with Crippen molar-refractivity contribution in [2.45, 2.75) is 97.1 Å². The van der Waals surface area contributed by atoms with Crippen LogP contribution in [0.4, 0.5) is 0 Å². The van der Waals surface area contributed by atoms with Crippen LogP contribution in [0, 0.1) is 0 Å². The lowest BCUT2D eigenvalue weighted by Gasteiger charge is -2.36. The monoisotopic (exact) mass is 594 g/mol. The van der Waals surface area contributed by atoms with Gasteiger partial charge in [-0.25, -0.2) is 0 Å². The van der Waals surface area contributed by atoms with E-state index in [-0.39, 0.29) is 10.1 Å². The standard InChI is InChI=1S/C34H51O3PSi2/c1-33(2,3)39(7,8)36-26-29-23-28(24-30(25-29)27-37-40(9,10)34(4,5)6)21-22-38(35,31-17-13-11-14-18-31)32-19-15-12-16-20-32/h11-21,26-27H,22-25H2,1-10H3/b28-21-,29-26-,30-27+. The topological polar surface area (TPSA) is 35.5 Å². The molecule has 0 aromatic heterocycles. The number of hydrogen-bond donors (Lipinski definition) is 0. The minimum Gasteiger partial charge on any atom is -0.549 e. The molecule has 1 aliphatic rings. The highest BCUT2D eigenvalue weighted by Gasteiger charge is 2.39. The minimum atomic E-state index is -2.82. The Balaban J connectivity index is 1.97. The van der Waals surface area contributed by atoms with Crippen molar-refractivity contribution in [1.82, 2.24) is 0 Å². The maximum atomic E-state index is 14.6. The van der Waals surface area contributed by atoms with E-state index >= 15 is 0 Å². The maximum absolute atomic E-state index is 14.6. The van der Waals surface area contributed by atoms with E-state index in [1.165, 1.54) is 16.7 Å². The van der Waals surface area contributed by atoms with Gasteiger partial charge in [-0.1, -0.05) is 114 Å². The van der Waals surface area contributed by atoms with Gasteiger partial charge in [-0.3, -0.25) is 0 Å². The second-order valence-corrected chi connectivity index (χ2v) is 26.7. The first-order valence-electron chi connectivity index (χ1n) is 14.5. The summed E-state index contributed by atoms with van der Waals surface area (Å²) in [7, 11) is -6.68. The lowest BCUT2D eigenvalue weighted by Crippen LogP contribution is -2.39. The van der Waals surface area contributed by atoms with E-state index in [0.717, 1.165) is 29.9 Å². The van der Waals surface area contributed by atoms with Crippen molar-refractivity contribution in [1.29, 1.82) is 0 Å². The van der Waals surface area contributed by atoms with Gasteiger partial charge in [0.05, 0.1) is 12.5 Å². The molecule has 0 N–H and O–H groups in total. The molecule has 0 aliphatic heterocycles. The van der Waals surface area contributed by atoms with E-state index in [1.54, 1.807) is 0 Å². The number of benzene rings is 2. The van der Waals surface area contributed by atoms with Crippen molar-refractivity contribution in [3.05, 3.63) is 96.0 Å². The Labute approximate surface area is 246 Å². The fraction of sp³-hybridized carbons (Fsp3) is 0.471. The van der Waals surface area contributed by atoms with E-state index in [9.17, 15) is 4.57 Å². The first kappa shape index (κ1) is 32.4. The molecule has 0 amide bonds. The first-order chi connectivity index (χ1) is 18.4. The molecule has 1 aliphatic carbocycles. The van der Waals surface area contributed by atoms with Crippen LogP contribution in [-0.2, 0) is 13.4 Å². The third-order valence-corrected chi connectivity index (χ3v) is 20.6. The largest absolute Gasteiger partial charge is 0.549 e. The molecule has 3 rings (SSSR count). The second-order valence-electron chi connectivity index (χ2n) is 14.3. The lowest BCUT2D eigenvalue weighted by atomic mass is 9.87. The van der Waals surface area contributed by atoms with Crippen molar-refractivity contribution in [2.75, 3.05) is 6.16 Å². The summed E-state index contributed by atoms with van der Waals surface area (Å²) in [6.07, 6.45) is 9.36. The maximum Gasteiger partial charge on any atom is 0.249 e. The zero-order valence-electron chi connectivity index (χ0n) is 26.5. The van der Waals surface area contributed by atoms with Crippen molar-refractivity contribution >= 4 is 34.4 Å². The molecular formula is C34H51O3PSi2. The van der Waals surface area contributed by atoms with Crippen LogP contribution in [0.15, 0.2) is 96.0 Å². The van der Waals surface area contributed by atoms with Gasteiger partial charge in [0.2, 0.25) is 16.6 Å². The second kappa shape index (κ2) is 12.4. The average molecular weight is 595 g/mol. The fourth-order valence-electron chi connectivity index (χ4n) is 4.14. The van der Waals surface area contributed by atoms with E-state index in [2.05, 4.69) is 73.8 Å². The average Bonchev–Trinajstić information content (AvgIpc) is 2.89. The highest BCUT2D eigenvalue weighted by Crippen LogP contribution is 2.45. The molecule has 0 bridgehead atoms. The Morgan fingerprint density at radius 2 is 1.00 bits per heavy atom. The van der Waals surface area contributed by atoms with E-state index in [4.69, 9.17) is 8.85 Å². The molecule has 2 aromatic carbocycles. The van der Waals surface area contributed by atoms with Crippen molar-refractivity contribution in [2.24, 2.45) is 0 Å². The molecule has 0 radical (unpaired) electrons. The predicted molar refractivity (Wildman–Crippen MR) is 179 cm³/mol. The van der Waals surface area contributed by atoms with Crippen LogP contribution in [0.2, 0.25) is 36.3 Å². The highest BCUT2D eigenvalue weighted by atomic mass is 31.2. The third kappa shape index (κ3) is 8.02. The van der Waals surface area contributed by atoms with Crippen LogP contribution in [-0.4, -0.2) is 22.8 Å². The Bertz CT molecular complexity index is 1190. The molecule has 6 heteroatoms. The van der Waals surface area contributed by atoms with Gasteiger partial charge >= 0.3 is 0 Å². The first-order valence-corrected chi connectivity index (χ1v) is 22.3. The SMILES string of the molecule is CC(C)(C)[Si](C)(C)O/C=C1/C/C(=C/CP(=O)(c2ccccc2)c2ccccc2)C/C(=C\O[Si](C)(C)C(C)(C)C)C1. The summed E-state index contributed by atoms with van der Waals surface area (Å²) < 4.78 is 27.7. The number of hydrogen-bond acceptors (Lipinski definition) is 3. The van der Waals surface area contributed by atoms with Gasteiger partial charge in [-0.15, -0.1) is 0 Å². The van der Waals surface area contributed by atoms with Crippen LogP contribution in [0.5, 0.6) is 0 Å². The summed E-state index contributed by atoms with van der Waals surface area (Å²) in [5.41, 5.74) is 3.82. The van der Waals surface area contributed by atoms with Crippen LogP contribution < -0.4 is 10.6 Å². The highest BCUT2D eigenvalue weighted by molar-refractivity contribution is 7.78. The molecule has 1 saturated carbocycles. The molecule has 3 nitrogen and oxygen atoms in total. The Kier molecular flexibility index (Phi) is 10.1. The summed E-state index contributed by atoms with van der Waals surface area (Å²) in [5, 5.41) is 2.09. The molecule has 0 atom stereocenters. The molecule has 0 unspecified atom stereocenters. The lowest BCUT2D eigenvalue weighted by molar-refractivity contribution is 0.416. The molecule has 2 aromatic rings. The quantitative estimate of drug-likeness (QED) is 0.132. The van der Waals surface area contributed by atoms with Crippen molar-refractivity contribution < 1.29 is 13.4 Å². The van der Waals surface area contributed by atoms with E-state index in [0.29, 0.717) is 6.16 Å². The van der Waals surface area contributed by atoms with E-state index in [1.807, 2.05) is 73.2 Å². The van der Waals surface area contributed by atoms with Gasteiger partial charge in [0.25, 0.3) is 0 Å². The van der Waals surface area contributed by atoms with Crippen LogP contribution in [0.25, 0.3) is 0 Å². The molecule has 0 saturated heterocycles. The Hall–Kier alpha value is -2.08. The fourth-order valence-corrected chi connectivity index (χ4v) is 8.32. The Morgan fingerprint density at radius 1 is 0.650 bits per heavy atom. The smallest absolute Gasteiger partial charge is 0.249 e. The molecule has 1 fully saturated rings. The minimum absolute atomic E-state index is 0.138. The normalized spacial score (nSPS) is 18.8. The summed E-state index contributed by atoms with van der Waals surface area (Å²) >= 11 is 0. The zero-order chi connectivity index (χ0) is 29.8. The summed E-state index contributed by atoms with van der Waals surface area (Å²) in [6.45, 7) is 22.8. The van der Waals surface area contributed by atoms with Crippen LogP contribution >= 0.6 is 7.14 Å². The van der Waals surface area contributed by atoms with Crippen LogP contribution in [0.1, 0.15) is 60.8 Å². The molecule has 40 heavy (non-hydrogen) atoms. The van der Waals surface area contributed by atoms with Gasteiger partial charge in [-0.05, 0) is 66.7 Å². The van der Waals surface area contributed by atoms with Gasteiger partial charge in [0.15, 0.2) is 0 Å². The Morgan fingerprint density at radius 3 is 1.35 bits per heavy atom. The van der Waals surface area contributed by atoms with Crippen LogP contribution in [0.3, 0.4) is 0 Å². The van der Waals surface area contributed by atoms with Gasteiger partial charge in [0, 0.05) is 16.8 Å². The summed E-state index contributed by atoms with van der Waals surface area (Å²) in [6, 6.07) is 19.9. The van der Waals surface area contributed by atoms with Crippen molar-refractivity contribution in [3.8, 4) is 0 Å². The van der Waals surface area contributed by atoms with E-state index < -0.39 is 23.8 Å². The predicted octanol–water partition coefficient (Wildman–Crippen LogP) is 9.92. The summed E-state index contributed by atoms with van der Waals surface area (Å²) in [4.78, 5) is 0. The molecule has 0 heterocycles. The molecule has 0 spiro atoms. The van der Waals surface area contributed by atoms with Gasteiger partial charge in [-0.2, -0.15) is 0 Å². The third-order valence-electron chi connectivity index (χ3n) is 9.00. The molecule has 218 valence electrons. The number of allylic oxidation sites excluding steroid dienone is 4.